The Morgan fingerprint density at radius 3 is 3.26 bits per heavy atom. The molecule has 19 heavy (non-hydrogen) atoms. The SMILES string of the molecule is N#Cc1cc(CNC2CCN3CCCC3C2)ccn1. The Hall–Kier alpha value is -1.44. The van der Waals surface area contributed by atoms with E-state index in [0.29, 0.717) is 11.7 Å². The number of nitriles is 1. The molecular weight excluding hydrogens is 236 g/mol. The van der Waals surface area contributed by atoms with Crippen molar-refractivity contribution in [3.8, 4) is 6.07 Å². The zero-order valence-electron chi connectivity index (χ0n) is 11.2. The molecule has 4 nitrogen and oxygen atoms in total. The Bertz CT molecular complexity index is 479. The van der Waals surface area contributed by atoms with Crippen molar-refractivity contribution in [2.45, 2.75) is 44.3 Å². The molecule has 2 saturated heterocycles. The molecule has 2 aliphatic rings. The molecule has 0 bridgehead atoms. The highest BCUT2D eigenvalue weighted by molar-refractivity contribution is 5.25. The summed E-state index contributed by atoms with van der Waals surface area (Å²) in [4.78, 5) is 6.64. The first-order chi connectivity index (χ1) is 9.35. The van der Waals surface area contributed by atoms with E-state index in [0.717, 1.165) is 18.2 Å². The fraction of sp³-hybridized carbons (Fsp3) is 0.600. The minimum absolute atomic E-state index is 0.505. The van der Waals surface area contributed by atoms with Crippen LogP contribution in [0.15, 0.2) is 18.3 Å². The summed E-state index contributed by atoms with van der Waals surface area (Å²) in [6, 6.07) is 7.37. The van der Waals surface area contributed by atoms with Crippen LogP contribution in [0, 0.1) is 11.3 Å². The number of fused-ring (bicyclic) bond motifs is 1. The van der Waals surface area contributed by atoms with Crippen LogP contribution in [0.25, 0.3) is 0 Å². The zero-order valence-corrected chi connectivity index (χ0v) is 11.2. The Morgan fingerprint density at radius 2 is 2.37 bits per heavy atom. The van der Waals surface area contributed by atoms with E-state index in [-0.39, 0.29) is 0 Å². The van der Waals surface area contributed by atoms with Gasteiger partial charge in [0.05, 0.1) is 0 Å². The monoisotopic (exact) mass is 256 g/mol. The molecule has 4 heteroatoms. The molecule has 0 aromatic carbocycles. The van der Waals surface area contributed by atoms with Crippen molar-refractivity contribution in [3.05, 3.63) is 29.6 Å². The second-order valence-corrected chi connectivity index (χ2v) is 5.60. The molecule has 0 spiro atoms. The summed E-state index contributed by atoms with van der Waals surface area (Å²) in [5.74, 6) is 0. The molecule has 2 unspecified atom stereocenters. The summed E-state index contributed by atoms with van der Waals surface area (Å²) >= 11 is 0. The van der Waals surface area contributed by atoms with Gasteiger partial charge in [0.2, 0.25) is 0 Å². The summed E-state index contributed by atoms with van der Waals surface area (Å²) in [6.07, 6.45) is 6.97. The molecular formula is C15H20N4. The van der Waals surface area contributed by atoms with Gasteiger partial charge in [0.25, 0.3) is 0 Å². The molecule has 1 N–H and O–H groups in total. The lowest BCUT2D eigenvalue weighted by Crippen LogP contribution is -2.45. The second kappa shape index (κ2) is 5.68. The van der Waals surface area contributed by atoms with Crippen molar-refractivity contribution in [3.63, 3.8) is 0 Å². The maximum Gasteiger partial charge on any atom is 0.140 e. The molecule has 2 atom stereocenters. The normalized spacial score (nSPS) is 26.9. The summed E-state index contributed by atoms with van der Waals surface area (Å²) in [5, 5.41) is 12.5. The van der Waals surface area contributed by atoms with E-state index >= 15 is 0 Å². The molecule has 100 valence electrons. The highest BCUT2D eigenvalue weighted by Gasteiger charge is 2.31. The Morgan fingerprint density at radius 1 is 1.42 bits per heavy atom. The standard InChI is InChI=1S/C15H20N4/c16-10-14-8-12(3-5-17-14)11-18-13-4-7-19-6-1-2-15(19)9-13/h3,5,8,13,15,18H,1-2,4,6-7,9,11H2. The van der Waals surface area contributed by atoms with E-state index < -0.39 is 0 Å². The summed E-state index contributed by atoms with van der Waals surface area (Å²) in [5.41, 5.74) is 1.66. The Balaban J connectivity index is 1.53. The lowest BCUT2D eigenvalue weighted by Gasteiger charge is -2.35. The molecule has 1 aromatic rings. The quantitative estimate of drug-likeness (QED) is 0.894. The highest BCUT2D eigenvalue weighted by atomic mass is 15.2. The third kappa shape index (κ3) is 2.94. The van der Waals surface area contributed by atoms with Crippen LogP contribution in [0.5, 0.6) is 0 Å². The number of nitrogens with zero attached hydrogens (tertiary/aromatic N) is 3. The van der Waals surface area contributed by atoms with Crippen LogP contribution in [0.4, 0.5) is 0 Å². The van der Waals surface area contributed by atoms with Crippen LogP contribution in [0.3, 0.4) is 0 Å². The van der Waals surface area contributed by atoms with E-state index in [9.17, 15) is 0 Å². The predicted octanol–water partition coefficient (Wildman–Crippen LogP) is 1.67. The first-order valence-electron chi connectivity index (χ1n) is 7.17. The molecule has 2 fully saturated rings. The average Bonchev–Trinajstić information content (AvgIpc) is 2.93. The van der Waals surface area contributed by atoms with Crippen molar-refractivity contribution >= 4 is 0 Å². The minimum Gasteiger partial charge on any atom is -0.310 e. The Kier molecular flexibility index (Phi) is 3.77. The predicted molar refractivity (Wildman–Crippen MR) is 73.4 cm³/mol. The van der Waals surface area contributed by atoms with E-state index in [1.54, 1.807) is 6.20 Å². The van der Waals surface area contributed by atoms with Crippen LogP contribution < -0.4 is 5.32 Å². The van der Waals surface area contributed by atoms with Crippen molar-refractivity contribution in [1.82, 2.24) is 15.2 Å². The smallest absolute Gasteiger partial charge is 0.140 e. The molecule has 1 aromatic heterocycles. The van der Waals surface area contributed by atoms with E-state index in [4.69, 9.17) is 5.26 Å². The van der Waals surface area contributed by atoms with Crippen LogP contribution >= 0.6 is 0 Å². The van der Waals surface area contributed by atoms with Gasteiger partial charge in [-0.1, -0.05) is 0 Å². The first kappa shape index (κ1) is 12.6. The van der Waals surface area contributed by atoms with Gasteiger partial charge in [-0.15, -0.1) is 0 Å². The first-order valence-corrected chi connectivity index (χ1v) is 7.17. The third-order valence-electron chi connectivity index (χ3n) is 4.35. The fourth-order valence-corrected chi connectivity index (χ4v) is 3.32. The lowest BCUT2D eigenvalue weighted by molar-refractivity contribution is 0.166. The summed E-state index contributed by atoms with van der Waals surface area (Å²) in [6.45, 7) is 3.38. The molecule has 0 amide bonds. The van der Waals surface area contributed by atoms with Crippen LogP contribution in [-0.4, -0.2) is 35.1 Å². The van der Waals surface area contributed by atoms with E-state index in [1.807, 2.05) is 12.1 Å². The summed E-state index contributed by atoms with van der Waals surface area (Å²) < 4.78 is 0. The van der Waals surface area contributed by atoms with Gasteiger partial charge in [0.1, 0.15) is 11.8 Å². The van der Waals surface area contributed by atoms with Crippen molar-refractivity contribution < 1.29 is 0 Å². The van der Waals surface area contributed by atoms with Gasteiger partial charge < -0.3 is 10.2 Å². The van der Waals surface area contributed by atoms with Crippen LogP contribution in [-0.2, 0) is 6.54 Å². The number of rotatable bonds is 3. The van der Waals surface area contributed by atoms with Gasteiger partial charge >= 0.3 is 0 Å². The topological polar surface area (TPSA) is 52.0 Å². The number of aromatic nitrogens is 1. The molecule has 0 saturated carbocycles. The maximum atomic E-state index is 8.84. The zero-order chi connectivity index (χ0) is 13.1. The highest BCUT2D eigenvalue weighted by Crippen LogP contribution is 2.26. The van der Waals surface area contributed by atoms with Crippen LogP contribution in [0.1, 0.15) is 36.9 Å². The van der Waals surface area contributed by atoms with Gasteiger partial charge in [0.15, 0.2) is 0 Å². The van der Waals surface area contributed by atoms with Crippen molar-refractivity contribution in [1.29, 1.82) is 5.26 Å². The van der Waals surface area contributed by atoms with Gasteiger partial charge in [-0.25, -0.2) is 4.98 Å². The van der Waals surface area contributed by atoms with Gasteiger partial charge in [-0.05, 0) is 56.5 Å². The Labute approximate surface area is 114 Å². The maximum absolute atomic E-state index is 8.84. The number of piperidine rings is 1. The number of hydrogen-bond donors (Lipinski definition) is 1. The molecule has 3 heterocycles. The number of nitrogens with one attached hydrogen (secondary N) is 1. The van der Waals surface area contributed by atoms with E-state index in [1.165, 1.54) is 38.8 Å². The van der Waals surface area contributed by atoms with E-state index in [2.05, 4.69) is 21.3 Å². The third-order valence-corrected chi connectivity index (χ3v) is 4.35. The van der Waals surface area contributed by atoms with Crippen LogP contribution in [0.2, 0.25) is 0 Å². The van der Waals surface area contributed by atoms with Crippen molar-refractivity contribution in [2.75, 3.05) is 13.1 Å². The molecule has 3 rings (SSSR count). The summed E-state index contributed by atoms with van der Waals surface area (Å²) in [7, 11) is 0. The molecule has 0 aliphatic carbocycles. The number of hydrogen-bond acceptors (Lipinski definition) is 4. The molecule has 0 radical (unpaired) electrons. The van der Waals surface area contributed by atoms with Gasteiger partial charge in [-0.3, -0.25) is 0 Å². The largest absolute Gasteiger partial charge is 0.310 e. The van der Waals surface area contributed by atoms with Crippen molar-refractivity contribution in [2.24, 2.45) is 0 Å². The fourth-order valence-electron chi connectivity index (χ4n) is 3.32. The number of pyridine rings is 1. The van der Waals surface area contributed by atoms with Gasteiger partial charge in [0, 0.05) is 24.8 Å². The minimum atomic E-state index is 0.505. The average molecular weight is 256 g/mol. The lowest BCUT2D eigenvalue weighted by atomic mass is 9.97. The van der Waals surface area contributed by atoms with Gasteiger partial charge in [-0.2, -0.15) is 5.26 Å². The second-order valence-electron chi connectivity index (χ2n) is 5.60. The molecule has 2 aliphatic heterocycles.